The Hall–Kier alpha value is -2.01. The summed E-state index contributed by atoms with van der Waals surface area (Å²) in [6.07, 6.45) is 6.11. The summed E-state index contributed by atoms with van der Waals surface area (Å²) in [6.45, 7) is 3.73. The smallest absolute Gasteiger partial charge is 0.306 e. The Kier molecular flexibility index (Phi) is 3.99. The molecule has 0 radical (unpaired) electrons. The maximum Gasteiger partial charge on any atom is 0.306 e. The van der Waals surface area contributed by atoms with Gasteiger partial charge in [0.15, 0.2) is 11.5 Å². The van der Waals surface area contributed by atoms with Crippen molar-refractivity contribution in [3.63, 3.8) is 0 Å². The average molecular weight is 343 g/mol. The highest BCUT2D eigenvalue weighted by atomic mass is 16.6. The topological polar surface area (TPSA) is 48.0 Å². The van der Waals surface area contributed by atoms with Gasteiger partial charge in [0.2, 0.25) is 0 Å². The second kappa shape index (κ2) is 6.06. The highest BCUT2D eigenvalue weighted by molar-refractivity contribution is 5.69. The van der Waals surface area contributed by atoms with Crippen molar-refractivity contribution in [2.45, 2.75) is 50.4 Å². The lowest BCUT2D eigenvalue weighted by molar-refractivity contribution is -0.148. The highest BCUT2D eigenvalue weighted by Gasteiger charge is 2.53. The number of hydrogen-bond acceptors (Lipinski definition) is 5. The minimum Gasteiger partial charge on any atom is -0.493 e. The number of rotatable bonds is 3. The average Bonchev–Trinajstić information content (AvgIpc) is 2.87. The quantitative estimate of drug-likeness (QED) is 0.624. The Morgan fingerprint density at radius 3 is 3.04 bits per heavy atom. The maximum absolute atomic E-state index is 11.7. The first kappa shape index (κ1) is 16.5. The fourth-order valence-corrected chi connectivity index (χ4v) is 4.40. The van der Waals surface area contributed by atoms with E-state index in [2.05, 4.69) is 30.2 Å². The molecule has 5 nitrogen and oxygen atoms in total. The van der Waals surface area contributed by atoms with E-state index in [9.17, 15) is 4.79 Å². The molecule has 0 bridgehead atoms. The molecule has 2 aliphatic heterocycles. The van der Waals surface area contributed by atoms with Gasteiger partial charge in [-0.3, -0.25) is 4.79 Å². The molecular formula is C20H25NO4. The van der Waals surface area contributed by atoms with E-state index in [1.54, 1.807) is 7.11 Å². The van der Waals surface area contributed by atoms with Gasteiger partial charge in [-0.25, -0.2) is 0 Å². The molecule has 1 unspecified atom stereocenters. The molecule has 25 heavy (non-hydrogen) atoms. The number of carbonyl (C=O) groups is 1. The van der Waals surface area contributed by atoms with Gasteiger partial charge < -0.3 is 19.1 Å². The lowest BCUT2D eigenvalue weighted by Crippen LogP contribution is -2.43. The van der Waals surface area contributed by atoms with Crippen molar-refractivity contribution in [2.24, 2.45) is 0 Å². The number of benzene rings is 1. The van der Waals surface area contributed by atoms with Gasteiger partial charge in [0.25, 0.3) is 0 Å². The molecule has 5 heteroatoms. The Bertz CT molecular complexity index is 729. The third-order valence-electron chi connectivity index (χ3n) is 5.70. The molecular weight excluding hydrogens is 318 g/mol. The summed E-state index contributed by atoms with van der Waals surface area (Å²) in [7, 11) is 3.84. The van der Waals surface area contributed by atoms with E-state index in [4.69, 9.17) is 14.2 Å². The van der Waals surface area contributed by atoms with Crippen LogP contribution in [-0.4, -0.2) is 43.8 Å². The van der Waals surface area contributed by atoms with E-state index in [0.29, 0.717) is 12.8 Å². The van der Waals surface area contributed by atoms with Gasteiger partial charge in [0.1, 0.15) is 12.2 Å². The summed E-state index contributed by atoms with van der Waals surface area (Å²) < 4.78 is 17.5. The number of esters is 1. The number of nitrogens with zero attached hydrogens (tertiary/aromatic N) is 1. The van der Waals surface area contributed by atoms with Crippen LogP contribution in [0.15, 0.2) is 24.3 Å². The van der Waals surface area contributed by atoms with Crippen LogP contribution in [0.5, 0.6) is 11.5 Å². The van der Waals surface area contributed by atoms with Crippen LogP contribution in [0, 0.1) is 0 Å². The van der Waals surface area contributed by atoms with Crippen LogP contribution in [0.4, 0.5) is 0 Å². The van der Waals surface area contributed by atoms with Gasteiger partial charge in [-0.2, -0.15) is 0 Å². The molecule has 1 aromatic carbocycles. The largest absolute Gasteiger partial charge is 0.493 e. The van der Waals surface area contributed by atoms with Gasteiger partial charge in [0.05, 0.1) is 12.5 Å². The Morgan fingerprint density at radius 1 is 1.44 bits per heavy atom. The van der Waals surface area contributed by atoms with Gasteiger partial charge in [-0.1, -0.05) is 19.1 Å². The molecule has 0 amide bonds. The Balaban J connectivity index is 1.77. The normalized spacial score (nSPS) is 30.0. The molecule has 0 saturated carbocycles. The van der Waals surface area contributed by atoms with Gasteiger partial charge >= 0.3 is 5.97 Å². The molecule has 3 aliphatic rings. The third kappa shape index (κ3) is 2.53. The van der Waals surface area contributed by atoms with E-state index in [1.807, 2.05) is 13.0 Å². The maximum atomic E-state index is 11.7. The van der Waals surface area contributed by atoms with Crippen molar-refractivity contribution in [3.05, 3.63) is 35.4 Å². The second-order valence-corrected chi connectivity index (χ2v) is 7.24. The predicted molar refractivity (Wildman–Crippen MR) is 94.0 cm³/mol. The fourth-order valence-electron chi connectivity index (χ4n) is 4.40. The van der Waals surface area contributed by atoms with Crippen molar-refractivity contribution in [1.82, 2.24) is 4.90 Å². The summed E-state index contributed by atoms with van der Waals surface area (Å²) in [5.74, 6) is 1.49. The SMILES string of the molecule is CCC(=O)O[C@H]1C=CC23CCN(C)Cc4ccc(OC)c(c42)O[C@H]3C1. The van der Waals surface area contributed by atoms with Crippen LogP contribution in [0.1, 0.15) is 37.3 Å². The van der Waals surface area contributed by atoms with Crippen molar-refractivity contribution in [2.75, 3.05) is 20.7 Å². The standard InChI is InChI=1S/C20H25NO4/c1-4-17(22)24-14-7-8-20-9-10-21(2)12-13-5-6-15(23-3)19(18(13)20)25-16(20)11-14/h5-8,14,16H,4,9-12H2,1-3H3/t14-,16-,20?/m0/s1. The van der Waals surface area contributed by atoms with E-state index in [1.165, 1.54) is 11.1 Å². The molecule has 1 spiro atoms. The monoisotopic (exact) mass is 343 g/mol. The van der Waals surface area contributed by atoms with Crippen molar-refractivity contribution in [3.8, 4) is 11.5 Å². The zero-order valence-electron chi connectivity index (χ0n) is 15.1. The zero-order chi connectivity index (χ0) is 17.6. The molecule has 3 atom stereocenters. The Morgan fingerprint density at radius 2 is 2.28 bits per heavy atom. The number of ether oxygens (including phenoxy) is 3. The van der Waals surface area contributed by atoms with Crippen LogP contribution in [0.3, 0.4) is 0 Å². The van der Waals surface area contributed by atoms with E-state index in [-0.39, 0.29) is 23.6 Å². The first-order chi connectivity index (χ1) is 12.1. The summed E-state index contributed by atoms with van der Waals surface area (Å²) in [5, 5.41) is 0. The summed E-state index contributed by atoms with van der Waals surface area (Å²) >= 11 is 0. The van der Waals surface area contributed by atoms with Crippen molar-refractivity contribution >= 4 is 5.97 Å². The number of carbonyl (C=O) groups excluding carboxylic acids is 1. The number of methoxy groups -OCH3 is 1. The molecule has 1 aliphatic carbocycles. The molecule has 0 saturated heterocycles. The highest BCUT2D eigenvalue weighted by Crippen LogP contribution is 2.55. The predicted octanol–water partition coefficient (Wildman–Crippen LogP) is 2.81. The molecule has 2 heterocycles. The van der Waals surface area contributed by atoms with Gasteiger partial charge in [-0.15, -0.1) is 0 Å². The van der Waals surface area contributed by atoms with Crippen molar-refractivity contribution in [1.29, 1.82) is 0 Å². The lowest BCUT2D eigenvalue weighted by atomic mass is 9.69. The summed E-state index contributed by atoms with van der Waals surface area (Å²) in [5.41, 5.74) is 2.41. The van der Waals surface area contributed by atoms with E-state index >= 15 is 0 Å². The van der Waals surface area contributed by atoms with Crippen LogP contribution >= 0.6 is 0 Å². The minimum atomic E-state index is -0.215. The Labute approximate surface area is 148 Å². The molecule has 0 fully saturated rings. The summed E-state index contributed by atoms with van der Waals surface area (Å²) in [6, 6.07) is 4.15. The zero-order valence-corrected chi connectivity index (χ0v) is 15.1. The molecule has 4 rings (SSSR count). The third-order valence-corrected chi connectivity index (χ3v) is 5.70. The van der Waals surface area contributed by atoms with E-state index in [0.717, 1.165) is 31.0 Å². The second-order valence-electron chi connectivity index (χ2n) is 7.24. The fraction of sp³-hybridized carbons (Fsp3) is 0.550. The summed E-state index contributed by atoms with van der Waals surface area (Å²) in [4.78, 5) is 14.0. The van der Waals surface area contributed by atoms with Crippen molar-refractivity contribution < 1.29 is 19.0 Å². The molecule has 0 N–H and O–H groups in total. The minimum absolute atomic E-state index is 0.0243. The van der Waals surface area contributed by atoms with Crippen LogP contribution < -0.4 is 9.47 Å². The first-order valence-corrected chi connectivity index (χ1v) is 9.01. The van der Waals surface area contributed by atoms with E-state index < -0.39 is 0 Å². The molecule has 1 aromatic rings. The molecule has 134 valence electrons. The van der Waals surface area contributed by atoms with Crippen LogP contribution in [0.2, 0.25) is 0 Å². The van der Waals surface area contributed by atoms with Crippen LogP contribution in [-0.2, 0) is 21.5 Å². The van der Waals surface area contributed by atoms with Gasteiger partial charge in [-0.05, 0) is 37.7 Å². The van der Waals surface area contributed by atoms with Crippen LogP contribution in [0.25, 0.3) is 0 Å². The lowest BCUT2D eigenvalue weighted by Gasteiger charge is -2.36. The number of hydrogen-bond donors (Lipinski definition) is 0. The molecule has 0 aromatic heterocycles. The first-order valence-electron chi connectivity index (χ1n) is 9.01. The van der Waals surface area contributed by atoms with Gasteiger partial charge in [0, 0.05) is 24.9 Å².